The summed E-state index contributed by atoms with van der Waals surface area (Å²) in [6, 6.07) is 8.66. The largest absolute Gasteiger partial charge is 0.333 e. The molecular weight excluding hydrogens is 438 g/mol. The number of sulfone groups is 1. The minimum absolute atomic E-state index is 0.00863. The molecule has 4 rings (SSSR count). The number of H-pyrrole nitrogens is 1. The molecule has 0 aliphatic heterocycles. The Hall–Kier alpha value is -2.92. The van der Waals surface area contributed by atoms with Crippen LogP contribution in [0.4, 0.5) is 8.78 Å². The molecule has 4 aromatic rings. The molecule has 0 saturated carbocycles. The maximum absolute atomic E-state index is 14.8. The second kappa shape index (κ2) is 7.10. The van der Waals surface area contributed by atoms with Gasteiger partial charge in [-0.25, -0.2) is 13.5 Å². The highest BCUT2D eigenvalue weighted by Gasteiger charge is 2.38. The Morgan fingerprint density at radius 2 is 2.00 bits per heavy atom. The van der Waals surface area contributed by atoms with Crippen LogP contribution in [0.2, 0.25) is 5.02 Å². The lowest BCUT2D eigenvalue weighted by molar-refractivity contribution is 0.0330. The quantitative estimate of drug-likeness (QED) is 0.498. The van der Waals surface area contributed by atoms with E-state index in [-0.39, 0.29) is 22.0 Å². The Bertz CT molecular complexity index is 1350. The molecule has 12 heteroatoms. The van der Waals surface area contributed by atoms with Crippen molar-refractivity contribution in [1.29, 1.82) is 0 Å². The molecule has 2 heterocycles. The molecule has 0 aliphatic rings. The number of hydrogen-bond acceptors (Lipinski definition) is 6. The molecule has 0 radical (unpaired) electrons. The molecule has 0 bridgehead atoms. The standard InChI is InChI=1S/C18H15ClF2N6O2S/c1-10-12-7-6-11(18(20,21)17-22-25-26-23-17)8-15(12)27(24-10)9-13-14(19)4-3-5-16(13)30(2,28)29/h3-8H,9H2,1-2H3,(H,22,23,25,26). The Kier molecular flexibility index (Phi) is 4.82. The zero-order valence-electron chi connectivity index (χ0n) is 15.8. The van der Waals surface area contributed by atoms with Crippen LogP contribution in [0.1, 0.15) is 22.6 Å². The molecule has 0 spiro atoms. The van der Waals surface area contributed by atoms with Crippen molar-refractivity contribution in [3.8, 4) is 0 Å². The molecular formula is C18H15ClF2N6O2S. The predicted octanol–water partition coefficient (Wildman–Crippen LogP) is 3.10. The number of aromatic nitrogens is 6. The van der Waals surface area contributed by atoms with Crippen molar-refractivity contribution in [2.75, 3.05) is 6.26 Å². The number of nitrogens with one attached hydrogen (secondary N) is 1. The normalized spacial score (nSPS) is 12.6. The zero-order valence-corrected chi connectivity index (χ0v) is 17.3. The fourth-order valence-electron chi connectivity index (χ4n) is 3.27. The summed E-state index contributed by atoms with van der Waals surface area (Å²) in [5.41, 5.74) is 1.01. The summed E-state index contributed by atoms with van der Waals surface area (Å²) in [4.78, 5) is 0.0607. The maximum atomic E-state index is 14.8. The molecule has 2 aromatic carbocycles. The van der Waals surface area contributed by atoms with Gasteiger partial charge >= 0.3 is 5.92 Å². The van der Waals surface area contributed by atoms with Crippen molar-refractivity contribution in [2.45, 2.75) is 24.3 Å². The van der Waals surface area contributed by atoms with E-state index < -0.39 is 21.6 Å². The number of hydrogen-bond donors (Lipinski definition) is 1. The fraction of sp³-hybridized carbons (Fsp3) is 0.222. The number of halogens is 3. The van der Waals surface area contributed by atoms with E-state index in [1.807, 2.05) is 0 Å². The summed E-state index contributed by atoms with van der Waals surface area (Å²) in [7, 11) is -3.56. The highest BCUT2D eigenvalue weighted by molar-refractivity contribution is 7.90. The van der Waals surface area contributed by atoms with Crippen molar-refractivity contribution >= 4 is 32.3 Å². The number of aromatic amines is 1. The minimum atomic E-state index is -3.56. The van der Waals surface area contributed by atoms with E-state index in [1.54, 1.807) is 19.1 Å². The number of fused-ring (bicyclic) bond motifs is 1. The van der Waals surface area contributed by atoms with Gasteiger partial charge < -0.3 is 0 Å². The lowest BCUT2D eigenvalue weighted by Gasteiger charge is -2.14. The van der Waals surface area contributed by atoms with Crippen LogP contribution in [-0.2, 0) is 22.3 Å². The van der Waals surface area contributed by atoms with Crippen LogP contribution in [0, 0.1) is 6.92 Å². The fourth-order valence-corrected chi connectivity index (χ4v) is 4.51. The number of rotatable bonds is 5. The Morgan fingerprint density at radius 3 is 2.67 bits per heavy atom. The van der Waals surface area contributed by atoms with E-state index in [0.717, 1.165) is 6.26 Å². The Morgan fingerprint density at radius 1 is 1.23 bits per heavy atom. The van der Waals surface area contributed by atoms with Crippen molar-refractivity contribution in [2.24, 2.45) is 0 Å². The van der Waals surface area contributed by atoms with Gasteiger partial charge in [-0.15, -0.1) is 5.10 Å². The number of tetrazole rings is 1. The second-order valence-corrected chi connectivity index (χ2v) is 9.18. The minimum Gasteiger partial charge on any atom is -0.260 e. The molecule has 0 amide bonds. The summed E-state index contributed by atoms with van der Waals surface area (Å²) in [5, 5.41) is 17.1. The smallest absolute Gasteiger partial charge is 0.260 e. The zero-order chi connectivity index (χ0) is 21.7. The molecule has 2 aromatic heterocycles. The van der Waals surface area contributed by atoms with Crippen LogP contribution >= 0.6 is 11.6 Å². The summed E-state index contributed by atoms with van der Waals surface area (Å²) in [6.45, 7) is 1.73. The summed E-state index contributed by atoms with van der Waals surface area (Å²) in [5.74, 6) is -4.14. The number of nitrogens with zero attached hydrogens (tertiary/aromatic N) is 5. The van der Waals surface area contributed by atoms with Crippen LogP contribution in [0.15, 0.2) is 41.3 Å². The Labute approximate surface area is 174 Å². The van der Waals surface area contributed by atoms with Crippen molar-refractivity contribution in [3.05, 3.63) is 64.1 Å². The Balaban J connectivity index is 1.86. The van der Waals surface area contributed by atoms with Gasteiger partial charge in [0.2, 0.25) is 5.82 Å². The van der Waals surface area contributed by atoms with E-state index in [2.05, 4.69) is 25.7 Å². The lowest BCUT2D eigenvalue weighted by atomic mass is 10.1. The van der Waals surface area contributed by atoms with Crippen molar-refractivity contribution in [3.63, 3.8) is 0 Å². The van der Waals surface area contributed by atoms with Gasteiger partial charge in [-0.3, -0.25) is 4.68 Å². The van der Waals surface area contributed by atoms with Gasteiger partial charge in [0.1, 0.15) is 0 Å². The van der Waals surface area contributed by atoms with Gasteiger partial charge in [0, 0.05) is 27.8 Å². The van der Waals surface area contributed by atoms with Crippen LogP contribution in [0.5, 0.6) is 0 Å². The average Bonchev–Trinajstić information content (AvgIpc) is 3.32. The van der Waals surface area contributed by atoms with E-state index >= 15 is 0 Å². The third kappa shape index (κ3) is 3.43. The summed E-state index contributed by atoms with van der Waals surface area (Å²) < 4.78 is 55.4. The molecule has 1 N–H and O–H groups in total. The van der Waals surface area contributed by atoms with Crippen molar-refractivity contribution in [1.82, 2.24) is 30.4 Å². The first-order valence-electron chi connectivity index (χ1n) is 8.66. The second-order valence-electron chi connectivity index (χ2n) is 6.79. The number of aryl methyl sites for hydroxylation is 1. The molecule has 156 valence electrons. The van der Waals surface area contributed by atoms with Crippen LogP contribution in [-0.4, -0.2) is 45.1 Å². The van der Waals surface area contributed by atoms with Gasteiger partial charge in [0.25, 0.3) is 0 Å². The molecule has 0 saturated heterocycles. The van der Waals surface area contributed by atoms with E-state index in [0.29, 0.717) is 22.2 Å². The average molecular weight is 453 g/mol. The molecule has 0 atom stereocenters. The monoisotopic (exact) mass is 452 g/mol. The molecule has 0 fully saturated rings. The van der Waals surface area contributed by atoms with E-state index in [9.17, 15) is 17.2 Å². The van der Waals surface area contributed by atoms with Gasteiger partial charge in [-0.2, -0.15) is 13.9 Å². The lowest BCUT2D eigenvalue weighted by Crippen LogP contribution is -2.17. The van der Waals surface area contributed by atoms with E-state index in [1.165, 1.54) is 28.9 Å². The third-order valence-corrected chi connectivity index (χ3v) is 6.26. The number of benzene rings is 2. The predicted molar refractivity (Wildman–Crippen MR) is 105 cm³/mol. The first kappa shape index (κ1) is 20.4. The summed E-state index contributed by atoms with van der Waals surface area (Å²) >= 11 is 6.26. The molecule has 30 heavy (non-hydrogen) atoms. The van der Waals surface area contributed by atoms with Crippen LogP contribution in [0.25, 0.3) is 10.9 Å². The highest BCUT2D eigenvalue weighted by Crippen LogP contribution is 2.35. The van der Waals surface area contributed by atoms with Gasteiger partial charge in [-0.1, -0.05) is 29.8 Å². The molecule has 0 aliphatic carbocycles. The van der Waals surface area contributed by atoms with Gasteiger partial charge in [0.05, 0.1) is 22.7 Å². The van der Waals surface area contributed by atoms with Crippen LogP contribution in [0.3, 0.4) is 0 Å². The first-order chi connectivity index (χ1) is 14.1. The van der Waals surface area contributed by atoms with Crippen molar-refractivity contribution < 1.29 is 17.2 Å². The molecule has 0 unspecified atom stereocenters. The SMILES string of the molecule is Cc1nn(Cc2c(Cl)cccc2S(C)(=O)=O)c2cc(C(F)(F)c3nnn[nH]3)ccc12. The van der Waals surface area contributed by atoms with E-state index in [4.69, 9.17) is 11.6 Å². The summed E-state index contributed by atoms with van der Waals surface area (Å²) in [6.07, 6.45) is 1.08. The van der Waals surface area contributed by atoms with Crippen LogP contribution < -0.4 is 0 Å². The highest BCUT2D eigenvalue weighted by atomic mass is 35.5. The molecule has 8 nitrogen and oxygen atoms in total. The topological polar surface area (TPSA) is 106 Å². The third-order valence-electron chi connectivity index (χ3n) is 4.72. The maximum Gasteiger partial charge on any atom is 0.333 e. The van der Waals surface area contributed by atoms with Gasteiger partial charge in [0.15, 0.2) is 9.84 Å². The number of alkyl halides is 2. The van der Waals surface area contributed by atoms with Gasteiger partial charge in [-0.05, 0) is 35.5 Å². The first-order valence-corrected chi connectivity index (χ1v) is 10.9.